The molecule has 1 aliphatic heterocycles. The average molecular weight is 202 g/mol. The summed E-state index contributed by atoms with van der Waals surface area (Å²) in [5, 5.41) is 6.71. The molecule has 0 aliphatic carbocycles. The number of aryl methyl sites for hydroxylation is 1. The van der Waals surface area contributed by atoms with Gasteiger partial charge in [0, 0.05) is 17.3 Å². The highest BCUT2D eigenvalue weighted by Crippen LogP contribution is 2.43. The molecule has 1 aliphatic rings. The topological polar surface area (TPSA) is 47.1 Å². The smallest absolute Gasteiger partial charge is 0.231 e. The number of benzene rings is 1. The minimum atomic E-state index is 0.297. The highest BCUT2D eigenvalue weighted by molar-refractivity contribution is 5.74. The van der Waals surface area contributed by atoms with Gasteiger partial charge in [0.2, 0.25) is 6.79 Å². The highest BCUT2D eigenvalue weighted by Gasteiger charge is 2.20. The number of fused-ring (bicyclic) bond motifs is 1. The van der Waals surface area contributed by atoms with Crippen LogP contribution < -0.4 is 9.47 Å². The Bertz CT molecular complexity index is 492. The van der Waals surface area contributed by atoms with E-state index in [4.69, 9.17) is 9.47 Å². The largest absolute Gasteiger partial charge is 0.453 e. The monoisotopic (exact) mass is 202 g/mol. The zero-order valence-electron chi connectivity index (χ0n) is 8.28. The number of rotatable bonds is 1. The van der Waals surface area contributed by atoms with E-state index in [1.807, 2.05) is 25.3 Å². The van der Waals surface area contributed by atoms with Crippen LogP contribution in [-0.4, -0.2) is 17.0 Å². The summed E-state index contributed by atoms with van der Waals surface area (Å²) in [6, 6.07) is 4.05. The number of ether oxygens (including phenoxy) is 2. The quantitative estimate of drug-likeness (QED) is 0.770. The van der Waals surface area contributed by atoms with Crippen molar-refractivity contribution >= 4 is 0 Å². The maximum absolute atomic E-state index is 5.47. The molecule has 0 spiro atoms. The van der Waals surface area contributed by atoms with Crippen molar-refractivity contribution in [2.45, 2.75) is 6.92 Å². The van der Waals surface area contributed by atoms with Crippen LogP contribution in [0.3, 0.4) is 0 Å². The fourth-order valence-electron chi connectivity index (χ4n) is 1.76. The lowest BCUT2D eigenvalue weighted by molar-refractivity contribution is 0.174. The van der Waals surface area contributed by atoms with Gasteiger partial charge in [-0.25, -0.2) is 0 Å². The van der Waals surface area contributed by atoms with E-state index in [1.54, 1.807) is 6.20 Å². The van der Waals surface area contributed by atoms with Crippen molar-refractivity contribution in [3.05, 3.63) is 30.1 Å². The van der Waals surface area contributed by atoms with Crippen LogP contribution in [0, 0.1) is 6.92 Å². The van der Waals surface area contributed by atoms with Crippen molar-refractivity contribution in [2.75, 3.05) is 6.79 Å². The Balaban J connectivity index is 2.22. The van der Waals surface area contributed by atoms with E-state index < -0.39 is 0 Å². The Hall–Kier alpha value is -1.97. The molecule has 1 N–H and O–H groups in total. The molecule has 15 heavy (non-hydrogen) atoms. The summed E-state index contributed by atoms with van der Waals surface area (Å²) in [7, 11) is 0. The number of nitrogens with zero attached hydrogens (tertiary/aromatic N) is 1. The van der Waals surface area contributed by atoms with Gasteiger partial charge in [0.1, 0.15) is 0 Å². The fraction of sp³-hybridized carbons (Fsp3) is 0.182. The zero-order chi connectivity index (χ0) is 10.3. The van der Waals surface area contributed by atoms with Crippen molar-refractivity contribution in [3.63, 3.8) is 0 Å². The summed E-state index contributed by atoms with van der Waals surface area (Å²) in [6.45, 7) is 2.30. The molecule has 0 radical (unpaired) electrons. The first kappa shape index (κ1) is 8.35. The lowest BCUT2D eigenvalue weighted by Crippen LogP contribution is -1.93. The number of aromatic nitrogens is 2. The Morgan fingerprint density at radius 2 is 2.13 bits per heavy atom. The Morgan fingerprint density at radius 3 is 2.93 bits per heavy atom. The maximum atomic E-state index is 5.47. The maximum Gasteiger partial charge on any atom is 0.231 e. The first-order valence-electron chi connectivity index (χ1n) is 4.74. The van der Waals surface area contributed by atoms with Gasteiger partial charge in [0.05, 0.1) is 6.20 Å². The molecule has 0 atom stereocenters. The molecule has 0 saturated heterocycles. The Kier molecular flexibility index (Phi) is 1.68. The molecular weight excluding hydrogens is 192 g/mol. The van der Waals surface area contributed by atoms with E-state index in [1.165, 1.54) is 0 Å². The zero-order valence-corrected chi connectivity index (χ0v) is 8.28. The van der Waals surface area contributed by atoms with Gasteiger partial charge in [0.15, 0.2) is 11.5 Å². The van der Waals surface area contributed by atoms with E-state index >= 15 is 0 Å². The van der Waals surface area contributed by atoms with Crippen molar-refractivity contribution in [1.82, 2.24) is 10.2 Å². The van der Waals surface area contributed by atoms with Crippen molar-refractivity contribution in [1.29, 1.82) is 0 Å². The van der Waals surface area contributed by atoms with Crippen LogP contribution in [0.4, 0.5) is 0 Å². The number of hydrogen-bond donors (Lipinski definition) is 1. The number of hydrogen-bond acceptors (Lipinski definition) is 3. The molecule has 1 aromatic carbocycles. The normalized spacial score (nSPS) is 13.1. The van der Waals surface area contributed by atoms with Crippen LogP contribution in [0.25, 0.3) is 11.1 Å². The standard InChI is InChI=1S/C11H10N2O2/c1-7-2-3-9(8-4-12-13-5-8)11-10(7)14-6-15-11/h2-5H,6H2,1H3,(H,12,13). The van der Waals surface area contributed by atoms with Gasteiger partial charge in [0.25, 0.3) is 0 Å². The minimum Gasteiger partial charge on any atom is -0.453 e. The second-order valence-corrected chi connectivity index (χ2v) is 3.48. The third-order valence-corrected chi connectivity index (χ3v) is 2.52. The number of aromatic amines is 1. The van der Waals surface area contributed by atoms with E-state index in [0.29, 0.717) is 6.79 Å². The predicted octanol–water partition coefficient (Wildman–Crippen LogP) is 2.11. The van der Waals surface area contributed by atoms with E-state index in [0.717, 1.165) is 28.2 Å². The van der Waals surface area contributed by atoms with Gasteiger partial charge >= 0.3 is 0 Å². The lowest BCUT2D eigenvalue weighted by atomic mass is 10.1. The minimum absolute atomic E-state index is 0.297. The second-order valence-electron chi connectivity index (χ2n) is 3.48. The molecule has 0 unspecified atom stereocenters. The van der Waals surface area contributed by atoms with Crippen LogP contribution in [0.5, 0.6) is 11.5 Å². The molecule has 1 aromatic heterocycles. The van der Waals surface area contributed by atoms with Crippen molar-refractivity contribution in [2.24, 2.45) is 0 Å². The molecule has 0 amide bonds. The molecule has 76 valence electrons. The van der Waals surface area contributed by atoms with Crippen LogP contribution in [0.2, 0.25) is 0 Å². The summed E-state index contributed by atoms with van der Waals surface area (Å²) < 4.78 is 10.9. The Labute approximate surface area is 86.8 Å². The highest BCUT2D eigenvalue weighted by atomic mass is 16.7. The molecular formula is C11H10N2O2. The van der Waals surface area contributed by atoms with E-state index in [2.05, 4.69) is 10.2 Å². The first-order valence-corrected chi connectivity index (χ1v) is 4.74. The summed E-state index contributed by atoms with van der Waals surface area (Å²) in [4.78, 5) is 0. The third-order valence-electron chi connectivity index (χ3n) is 2.52. The van der Waals surface area contributed by atoms with Crippen LogP contribution >= 0.6 is 0 Å². The molecule has 2 aromatic rings. The Morgan fingerprint density at radius 1 is 1.27 bits per heavy atom. The SMILES string of the molecule is Cc1ccc(-c2cn[nH]c2)c2c1OCO2. The van der Waals surface area contributed by atoms with E-state index in [-0.39, 0.29) is 0 Å². The van der Waals surface area contributed by atoms with Gasteiger partial charge < -0.3 is 9.47 Å². The van der Waals surface area contributed by atoms with Crippen molar-refractivity contribution < 1.29 is 9.47 Å². The van der Waals surface area contributed by atoms with Crippen LogP contribution in [0.1, 0.15) is 5.56 Å². The molecule has 4 heteroatoms. The third kappa shape index (κ3) is 1.18. The average Bonchev–Trinajstić information content (AvgIpc) is 2.88. The molecule has 0 fully saturated rings. The summed E-state index contributed by atoms with van der Waals surface area (Å²) in [5.41, 5.74) is 3.12. The van der Waals surface area contributed by atoms with E-state index in [9.17, 15) is 0 Å². The molecule has 2 heterocycles. The molecule has 3 rings (SSSR count). The predicted molar refractivity (Wildman–Crippen MR) is 54.9 cm³/mol. The van der Waals surface area contributed by atoms with Crippen LogP contribution in [0.15, 0.2) is 24.5 Å². The van der Waals surface area contributed by atoms with Gasteiger partial charge in [-0.3, -0.25) is 5.10 Å². The molecule has 0 saturated carbocycles. The van der Waals surface area contributed by atoms with Gasteiger partial charge in [-0.15, -0.1) is 0 Å². The molecule has 4 nitrogen and oxygen atoms in total. The fourth-order valence-corrected chi connectivity index (χ4v) is 1.76. The van der Waals surface area contributed by atoms with Gasteiger partial charge in [-0.2, -0.15) is 5.10 Å². The number of H-pyrrole nitrogens is 1. The summed E-state index contributed by atoms with van der Waals surface area (Å²) >= 11 is 0. The number of nitrogens with one attached hydrogen (secondary N) is 1. The van der Waals surface area contributed by atoms with Crippen molar-refractivity contribution in [3.8, 4) is 22.6 Å². The summed E-state index contributed by atoms with van der Waals surface area (Å²) in [6.07, 6.45) is 3.61. The summed E-state index contributed by atoms with van der Waals surface area (Å²) in [5.74, 6) is 1.66. The molecule has 0 bridgehead atoms. The van der Waals surface area contributed by atoms with Gasteiger partial charge in [-0.05, 0) is 18.6 Å². The van der Waals surface area contributed by atoms with Crippen LogP contribution in [-0.2, 0) is 0 Å². The second kappa shape index (κ2) is 3.02. The van der Waals surface area contributed by atoms with Gasteiger partial charge in [-0.1, -0.05) is 6.07 Å². The first-order chi connectivity index (χ1) is 7.36. The lowest BCUT2D eigenvalue weighted by Gasteiger charge is -2.05.